The lowest BCUT2D eigenvalue weighted by Gasteiger charge is -2.04. The van der Waals surface area contributed by atoms with E-state index in [1.807, 2.05) is 6.07 Å². The first kappa shape index (κ1) is 13.8. The summed E-state index contributed by atoms with van der Waals surface area (Å²) in [7, 11) is 0. The minimum Gasteiger partial charge on any atom is -0.207 e. The van der Waals surface area contributed by atoms with Gasteiger partial charge in [0.2, 0.25) is 0 Å². The minimum absolute atomic E-state index is 0.163. The molecule has 0 aromatic heterocycles. The highest BCUT2D eigenvalue weighted by molar-refractivity contribution is 6.05. The van der Waals surface area contributed by atoms with Crippen LogP contribution in [0.15, 0.2) is 48.0 Å². The zero-order chi connectivity index (χ0) is 15.0. The van der Waals surface area contributed by atoms with Crippen LogP contribution in [0.2, 0.25) is 0 Å². The number of rotatable bonds is 2. The smallest absolute Gasteiger partial charge is 0.123 e. The second-order valence-corrected chi connectivity index (χ2v) is 5.62. The van der Waals surface area contributed by atoms with Crippen LogP contribution in [0.5, 0.6) is 0 Å². The highest BCUT2D eigenvalue weighted by Gasteiger charge is 2.22. The first-order valence-electron chi connectivity index (χ1n) is 7.39. The van der Waals surface area contributed by atoms with Crippen molar-refractivity contribution in [2.45, 2.75) is 27.2 Å². The highest BCUT2D eigenvalue weighted by atomic mass is 19.1. The van der Waals surface area contributed by atoms with E-state index in [4.69, 9.17) is 0 Å². The second-order valence-electron chi connectivity index (χ2n) is 5.62. The van der Waals surface area contributed by atoms with Crippen molar-refractivity contribution in [1.29, 1.82) is 0 Å². The molecule has 0 saturated carbocycles. The average Bonchev–Trinajstić information content (AvgIpc) is 2.73. The monoisotopic (exact) mass is 278 g/mol. The molecule has 106 valence electrons. The fourth-order valence-corrected chi connectivity index (χ4v) is 3.04. The maximum absolute atomic E-state index is 13.6. The molecule has 0 N–H and O–H groups in total. The van der Waals surface area contributed by atoms with Crippen molar-refractivity contribution in [3.05, 3.63) is 76.1 Å². The number of fused-ring (bicyclic) bond motifs is 1. The van der Waals surface area contributed by atoms with Crippen LogP contribution in [0.25, 0.3) is 17.2 Å². The largest absolute Gasteiger partial charge is 0.207 e. The lowest BCUT2D eigenvalue weighted by molar-refractivity contribution is 0.627. The van der Waals surface area contributed by atoms with Gasteiger partial charge in [-0.3, -0.25) is 0 Å². The maximum atomic E-state index is 13.6. The summed E-state index contributed by atoms with van der Waals surface area (Å²) in [6.45, 7) is 6.35. The Hall–Kier alpha value is -2.15. The molecule has 2 aromatic rings. The molecule has 0 nitrogen and oxygen atoms in total. The van der Waals surface area contributed by atoms with Gasteiger partial charge >= 0.3 is 0 Å². The molecule has 0 atom stereocenters. The molecule has 1 aliphatic rings. The highest BCUT2D eigenvalue weighted by Crippen LogP contribution is 2.43. The predicted molar refractivity (Wildman–Crippen MR) is 88.3 cm³/mol. The van der Waals surface area contributed by atoms with Gasteiger partial charge in [-0.1, -0.05) is 42.8 Å². The van der Waals surface area contributed by atoms with Gasteiger partial charge in [-0.2, -0.15) is 0 Å². The van der Waals surface area contributed by atoms with Crippen LogP contribution >= 0.6 is 0 Å². The Bertz CT molecular complexity index is 746. The van der Waals surface area contributed by atoms with E-state index < -0.39 is 0 Å². The summed E-state index contributed by atoms with van der Waals surface area (Å²) >= 11 is 0. The first-order chi connectivity index (χ1) is 10.1. The van der Waals surface area contributed by atoms with E-state index >= 15 is 0 Å². The van der Waals surface area contributed by atoms with E-state index in [1.165, 1.54) is 27.8 Å². The fourth-order valence-electron chi connectivity index (χ4n) is 3.04. The summed E-state index contributed by atoms with van der Waals surface area (Å²) in [5, 5.41) is 0. The Morgan fingerprint density at radius 1 is 0.952 bits per heavy atom. The number of hydrogen-bond acceptors (Lipinski definition) is 0. The van der Waals surface area contributed by atoms with Crippen LogP contribution in [-0.4, -0.2) is 0 Å². The molecule has 0 radical (unpaired) electrons. The van der Waals surface area contributed by atoms with Gasteiger partial charge in [-0.25, -0.2) is 4.39 Å². The Labute approximate surface area is 125 Å². The van der Waals surface area contributed by atoms with E-state index in [0.29, 0.717) is 0 Å². The third-order valence-electron chi connectivity index (χ3n) is 4.20. The maximum Gasteiger partial charge on any atom is 0.123 e. The molecule has 0 fully saturated rings. The quantitative estimate of drug-likeness (QED) is 0.644. The fraction of sp³-hybridized carbons (Fsp3) is 0.200. The van der Waals surface area contributed by atoms with E-state index in [-0.39, 0.29) is 5.82 Å². The van der Waals surface area contributed by atoms with Gasteiger partial charge in [0, 0.05) is 0 Å². The zero-order valence-corrected chi connectivity index (χ0v) is 12.7. The van der Waals surface area contributed by atoms with E-state index in [9.17, 15) is 4.39 Å². The molecule has 2 aromatic carbocycles. The molecule has 0 amide bonds. The van der Waals surface area contributed by atoms with E-state index in [1.54, 1.807) is 12.1 Å². The van der Waals surface area contributed by atoms with Crippen molar-refractivity contribution in [2.75, 3.05) is 0 Å². The third-order valence-corrected chi connectivity index (χ3v) is 4.20. The Morgan fingerprint density at radius 3 is 2.33 bits per heavy atom. The van der Waals surface area contributed by atoms with Crippen molar-refractivity contribution in [3.63, 3.8) is 0 Å². The predicted octanol–water partition coefficient (Wildman–Crippen LogP) is 5.87. The molecule has 0 spiro atoms. The van der Waals surface area contributed by atoms with Crippen LogP contribution in [0.3, 0.4) is 0 Å². The molecule has 0 saturated heterocycles. The number of benzene rings is 2. The number of allylic oxidation sites excluding steroid dienone is 3. The SMILES string of the molecule is CCC1=C(C)/C(=C\c2ccc(C)cc2)c2ccc(F)cc21. The minimum atomic E-state index is -0.163. The van der Waals surface area contributed by atoms with Crippen LogP contribution in [0.4, 0.5) is 4.39 Å². The lowest BCUT2D eigenvalue weighted by atomic mass is 10.0. The Morgan fingerprint density at radius 2 is 1.67 bits per heavy atom. The molecule has 1 heteroatoms. The summed E-state index contributed by atoms with van der Waals surface area (Å²) in [5.41, 5.74) is 8.36. The molecule has 0 aliphatic heterocycles. The summed E-state index contributed by atoms with van der Waals surface area (Å²) in [5.74, 6) is -0.163. The van der Waals surface area contributed by atoms with Crippen molar-refractivity contribution >= 4 is 17.2 Å². The molecule has 1 aliphatic carbocycles. The van der Waals surface area contributed by atoms with Crippen molar-refractivity contribution < 1.29 is 4.39 Å². The Kier molecular flexibility index (Phi) is 3.50. The summed E-state index contributed by atoms with van der Waals surface area (Å²) in [6, 6.07) is 13.6. The normalized spacial score (nSPS) is 15.7. The first-order valence-corrected chi connectivity index (χ1v) is 7.39. The molecule has 21 heavy (non-hydrogen) atoms. The van der Waals surface area contributed by atoms with Gasteiger partial charge < -0.3 is 0 Å². The van der Waals surface area contributed by atoms with Crippen LogP contribution < -0.4 is 0 Å². The molecular weight excluding hydrogens is 259 g/mol. The van der Waals surface area contributed by atoms with Crippen molar-refractivity contribution in [2.24, 2.45) is 0 Å². The van der Waals surface area contributed by atoms with Crippen LogP contribution in [0.1, 0.15) is 42.5 Å². The van der Waals surface area contributed by atoms with Gasteiger partial charge in [0.1, 0.15) is 5.82 Å². The number of aryl methyl sites for hydroxylation is 1. The standard InChI is InChI=1S/C20H19F/c1-4-17-14(3)19(11-15-7-5-13(2)6-8-15)18-10-9-16(21)12-20(17)18/h5-12H,4H2,1-3H3/b19-11+. The van der Waals surface area contributed by atoms with E-state index in [0.717, 1.165) is 17.5 Å². The third kappa shape index (κ3) is 2.44. The molecule has 0 bridgehead atoms. The van der Waals surface area contributed by atoms with Crippen LogP contribution in [-0.2, 0) is 0 Å². The Balaban J connectivity index is 2.15. The lowest BCUT2D eigenvalue weighted by Crippen LogP contribution is -1.86. The summed E-state index contributed by atoms with van der Waals surface area (Å²) in [4.78, 5) is 0. The molecule has 3 rings (SSSR count). The molecular formula is C20H19F. The van der Waals surface area contributed by atoms with Gasteiger partial charge in [-0.05, 0) is 71.9 Å². The van der Waals surface area contributed by atoms with E-state index in [2.05, 4.69) is 51.1 Å². The van der Waals surface area contributed by atoms with Gasteiger partial charge in [-0.15, -0.1) is 0 Å². The van der Waals surface area contributed by atoms with Crippen LogP contribution in [0, 0.1) is 12.7 Å². The van der Waals surface area contributed by atoms with Crippen molar-refractivity contribution in [3.8, 4) is 0 Å². The average molecular weight is 278 g/mol. The number of halogens is 1. The summed E-state index contributed by atoms with van der Waals surface area (Å²) in [6.07, 6.45) is 3.13. The van der Waals surface area contributed by atoms with Crippen molar-refractivity contribution in [1.82, 2.24) is 0 Å². The topological polar surface area (TPSA) is 0 Å². The second kappa shape index (κ2) is 5.33. The molecule has 0 heterocycles. The zero-order valence-electron chi connectivity index (χ0n) is 12.7. The van der Waals surface area contributed by atoms with Gasteiger partial charge in [0.05, 0.1) is 0 Å². The molecule has 0 unspecified atom stereocenters. The number of hydrogen-bond donors (Lipinski definition) is 0. The van der Waals surface area contributed by atoms with Gasteiger partial charge in [0.25, 0.3) is 0 Å². The summed E-state index contributed by atoms with van der Waals surface area (Å²) < 4.78 is 13.6. The van der Waals surface area contributed by atoms with Gasteiger partial charge in [0.15, 0.2) is 0 Å².